The summed E-state index contributed by atoms with van der Waals surface area (Å²) in [4.78, 5) is 14.7. The molecule has 114 valence electrons. The summed E-state index contributed by atoms with van der Waals surface area (Å²) in [6.45, 7) is 1.56. The maximum absolute atomic E-state index is 12.9. The molecule has 1 amide bonds. The number of carbonyl (C=O) groups is 1. The van der Waals surface area contributed by atoms with Crippen molar-refractivity contribution in [2.45, 2.75) is 6.04 Å². The molecule has 0 aromatic carbocycles. The SMILES string of the molecule is Cn1cc(C#N)cc1C(=O)N1CCOC[C@@H]1c1cccn1C. The van der Waals surface area contributed by atoms with E-state index in [1.807, 2.05) is 34.8 Å². The number of amides is 1. The number of aromatic nitrogens is 2. The Labute approximate surface area is 129 Å². The fraction of sp³-hybridized carbons (Fsp3) is 0.375. The third kappa shape index (κ3) is 2.40. The van der Waals surface area contributed by atoms with Gasteiger partial charge in [0.05, 0.1) is 24.8 Å². The molecule has 3 heterocycles. The predicted molar refractivity (Wildman–Crippen MR) is 80.1 cm³/mol. The van der Waals surface area contributed by atoms with E-state index in [-0.39, 0.29) is 11.9 Å². The number of nitriles is 1. The predicted octanol–water partition coefficient (Wildman–Crippen LogP) is 1.45. The highest BCUT2D eigenvalue weighted by atomic mass is 16.5. The summed E-state index contributed by atoms with van der Waals surface area (Å²) in [5, 5.41) is 8.99. The summed E-state index contributed by atoms with van der Waals surface area (Å²) in [5.41, 5.74) is 2.06. The van der Waals surface area contributed by atoms with Crippen LogP contribution in [0.5, 0.6) is 0 Å². The zero-order valence-corrected chi connectivity index (χ0v) is 12.7. The van der Waals surface area contributed by atoms with Crippen molar-refractivity contribution in [1.82, 2.24) is 14.0 Å². The number of morpholine rings is 1. The Morgan fingerprint density at radius 3 is 2.86 bits per heavy atom. The van der Waals surface area contributed by atoms with Crippen LogP contribution in [0, 0.1) is 11.3 Å². The van der Waals surface area contributed by atoms with E-state index >= 15 is 0 Å². The highest BCUT2D eigenvalue weighted by Gasteiger charge is 2.31. The van der Waals surface area contributed by atoms with Crippen LogP contribution in [-0.4, -0.2) is 39.7 Å². The van der Waals surface area contributed by atoms with Crippen LogP contribution in [0.1, 0.15) is 27.8 Å². The summed E-state index contributed by atoms with van der Waals surface area (Å²) in [5.74, 6) is -0.0708. The Balaban J connectivity index is 1.93. The van der Waals surface area contributed by atoms with Crippen LogP contribution >= 0.6 is 0 Å². The molecule has 0 unspecified atom stereocenters. The molecule has 3 rings (SSSR count). The summed E-state index contributed by atoms with van der Waals surface area (Å²) < 4.78 is 9.28. The fourth-order valence-corrected chi connectivity index (χ4v) is 2.90. The number of aryl methyl sites for hydroxylation is 2. The monoisotopic (exact) mass is 298 g/mol. The molecule has 1 saturated heterocycles. The number of hydrogen-bond donors (Lipinski definition) is 0. The molecule has 0 radical (unpaired) electrons. The first-order valence-electron chi connectivity index (χ1n) is 7.18. The van der Waals surface area contributed by atoms with Gasteiger partial charge in [-0.05, 0) is 18.2 Å². The Morgan fingerprint density at radius 2 is 2.23 bits per heavy atom. The second-order valence-corrected chi connectivity index (χ2v) is 5.47. The van der Waals surface area contributed by atoms with Crippen LogP contribution in [0.15, 0.2) is 30.6 Å². The summed E-state index contributed by atoms with van der Waals surface area (Å²) >= 11 is 0. The van der Waals surface area contributed by atoms with Gasteiger partial charge in [-0.15, -0.1) is 0 Å². The first-order valence-corrected chi connectivity index (χ1v) is 7.18. The van der Waals surface area contributed by atoms with Crippen molar-refractivity contribution in [2.24, 2.45) is 14.1 Å². The van der Waals surface area contributed by atoms with Crippen molar-refractivity contribution in [3.8, 4) is 6.07 Å². The lowest BCUT2D eigenvalue weighted by Gasteiger charge is -2.36. The van der Waals surface area contributed by atoms with E-state index < -0.39 is 0 Å². The highest BCUT2D eigenvalue weighted by molar-refractivity contribution is 5.93. The van der Waals surface area contributed by atoms with Crippen LogP contribution in [0.3, 0.4) is 0 Å². The van der Waals surface area contributed by atoms with Gasteiger partial charge < -0.3 is 18.8 Å². The van der Waals surface area contributed by atoms with E-state index in [4.69, 9.17) is 10.00 Å². The number of ether oxygens (including phenoxy) is 1. The van der Waals surface area contributed by atoms with Crippen molar-refractivity contribution in [1.29, 1.82) is 5.26 Å². The average Bonchev–Trinajstić information content (AvgIpc) is 3.12. The zero-order chi connectivity index (χ0) is 15.7. The van der Waals surface area contributed by atoms with Gasteiger partial charge in [0, 0.05) is 38.7 Å². The second kappa shape index (κ2) is 5.70. The van der Waals surface area contributed by atoms with Gasteiger partial charge in [-0.25, -0.2) is 0 Å². The minimum atomic E-state index is -0.110. The number of nitrogens with zero attached hydrogens (tertiary/aromatic N) is 4. The molecule has 6 heteroatoms. The van der Waals surface area contributed by atoms with Gasteiger partial charge in [-0.2, -0.15) is 5.26 Å². The molecule has 0 spiro atoms. The molecule has 6 nitrogen and oxygen atoms in total. The van der Waals surface area contributed by atoms with Crippen molar-refractivity contribution in [3.05, 3.63) is 47.5 Å². The Kier molecular flexibility index (Phi) is 3.73. The lowest BCUT2D eigenvalue weighted by molar-refractivity contribution is -0.00512. The van der Waals surface area contributed by atoms with Gasteiger partial charge in [0.2, 0.25) is 0 Å². The fourth-order valence-electron chi connectivity index (χ4n) is 2.90. The molecule has 0 N–H and O–H groups in total. The first-order chi connectivity index (χ1) is 10.6. The Hall–Kier alpha value is -2.52. The summed E-state index contributed by atoms with van der Waals surface area (Å²) in [7, 11) is 3.74. The van der Waals surface area contributed by atoms with E-state index in [1.54, 1.807) is 23.9 Å². The second-order valence-electron chi connectivity index (χ2n) is 5.47. The zero-order valence-electron chi connectivity index (χ0n) is 12.7. The third-order valence-corrected chi connectivity index (χ3v) is 4.07. The average molecular weight is 298 g/mol. The van der Waals surface area contributed by atoms with Crippen molar-refractivity contribution in [3.63, 3.8) is 0 Å². The maximum Gasteiger partial charge on any atom is 0.271 e. The molecular formula is C16H18N4O2. The maximum atomic E-state index is 12.9. The van der Waals surface area contributed by atoms with Crippen LogP contribution in [0.2, 0.25) is 0 Å². The smallest absolute Gasteiger partial charge is 0.271 e. The van der Waals surface area contributed by atoms with Gasteiger partial charge in [0.15, 0.2) is 0 Å². The molecule has 22 heavy (non-hydrogen) atoms. The quantitative estimate of drug-likeness (QED) is 0.843. The van der Waals surface area contributed by atoms with Crippen LogP contribution in [0.25, 0.3) is 0 Å². The molecule has 1 aliphatic rings. The van der Waals surface area contributed by atoms with E-state index in [0.717, 1.165) is 5.69 Å². The van der Waals surface area contributed by atoms with Crippen LogP contribution in [0.4, 0.5) is 0 Å². The molecule has 1 aliphatic heterocycles. The largest absolute Gasteiger partial charge is 0.377 e. The number of hydrogen-bond acceptors (Lipinski definition) is 3. The van der Waals surface area contributed by atoms with Gasteiger partial charge in [-0.3, -0.25) is 4.79 Å². The standard InChI is InChI=1S/C16H18N4O2/c1-18-5-3-4-13(18)15-11-22-7-6-20(15)16(21)14-8-12(9-17)10-19(14)2/h3-5,8,10,15H,6-7,11H2,1-2H3/t15-/m1/s1. The van der Waals surface area contributed by atoms with Crippen molar-refractivity contribution in [2.75, 3.05) is 19.8 Å². The van der Waals surface area contributed by atoms with E-state index in [9.17, 15) is 4.79 Å². The normalized spacial score (nSPS) is 18.2. The molecular weight excluding hydrogens is 280 g/mol. The summed E-state index contributed by atoms with van der Waals surface area (Å²) in [6, 6.07) is 7.57. The molecule has 0 aliphatic carbocycles. The lowest BCUT2D eigenvalue weighted by Crippen LogP contribution is -2.44. The summed E-state index contributed by atoms with van der Waals surface area (Å²) in [6.07, 6.45) is 3.63. The minimum absolute atomic E-state index is 0.0708. The van der Waals surface area contributed by atoms with E-state index in [0.29, 0.717) is 31.0 Å². The number of rotatable bonds is 2. The topological polar surface area (TPSA) is 63.2 Å². The first kappa shape index (κ1) is 14.4. The van der Waals surface area contributed by atoms with E-state index in [2.05, 4.69) is 6.07 Å². The molecule has 2 aromatic rings. The Bertz CT molecular complexity index is 738. The highest BCUT2D eigenvalue weighted by Crippen LogP contribution is 2.26. The van der Waals surface area contributed by atoms with Crippen LogP contribution in [-0.2, 0) is 18.8 Å². The Morgan fingerprint density at radius 1 is 1.41 bits per heavy atom. The van der Waals surface area contributed by atoms with E-state index in [1.165, 1.54) is 0 Å². The molecule has 1 atom stereocenters. The minimum Gasteiger partial charge on any atom is -0.377 e. The number of carbonyl (C=O) groups excluding carboxylic acids is 1. The molecule has 1 fully saturated rings. The molecule has 2 aromatic heterocycles. The third-order valence-electron chi connectivity index (χ3n) is 4.07. The van der Waals surface area contributed by atoms with Gasteiger partial charge >= 0.3 is 0 Å². The van der Waals surface area contributed by atoms with Crippen LogP contribution < -0.4 is 0 Å². The lowest BCUT2D eigenvalue weighted by atomic mass is 10.1. The molecule has 0 bridgehead atoms. The van der Waals surface area contributed by atoms with Gasteiger partial charge in [-0.1, -0.05) is 0 Å². The van der Waals surface area contributed by atoms with Crippen molar-refractivity contribution < 1.29 is 9.53 Å². The van der Waals surface area contributed by atoms with Crippen molar-refractivity contribution >= 4 is 5.91 Å². The molecule has 0 saturated carbocycles. The van der Waals surface area contributed by atoms with Gasteiger partial charge in [0.1, 0.15) is 11.8 Å². The van der Waals surface area contributed by atoms with Gasteiger partial charge in [0.25, 0.3) is 5.91 Å².